The molecule has 2 rings (SSSR count). The average Bonchev–Trinajstić information content (AvgIpc) is 3.06. The van der Waals surface area contributed by atoms with Gasteiger partial charge in [-0.05, 0) is 37.9 Å². The van der Waals surface area contributed by atoms with E-state index in [2.05, 4.69) is 26.0 Å². The molecule has 3 N–H and O–H groups in total. The van der Waals surface area contributed by atoms with Crippen LogP contribution < -0.4 is 16.0 Å². The fourth-order valence-corrected chi connectivity index (χ4v) is 2.47. The molecule has 146 valence electrons. The first kappa shape index (κ1) is 20.4. The first-order valence-corrected chi connectivity index (χ1v) is 8.93. The first-order chi connectivity index (χ1) is 13.0. The van der Waals surface area contributed by atoms with E-state index >= 15 is 0 Å². The van der Waals surface area contributed by atoms with Crippen molar-refractivity contribution in [2.75, 3.05) is 34.2 Å². The third kappa shape index (κ3) is 6.74. The van der Waals surface area contributed by atoms with E-state index in [1.165, 1.54) is 0 Å². The number of nitrogens with one attached hydrogen (secondary N) is 3. The maximum absolute atomic E-state index is 12.2. The molecule has 0 aliphatic heterocycles. The Bertz CT molecular complexity index is 767. The molecule has 0 saturated carbocycles. The van der Waals surface area contributed by atoms with Gasteiger partial charge in [0.1, 0.15) is 0 Å². The third-order valence-electron chi connectivity index (χ3n) is 4.08. The lowest BCUT2D eigenvalue weighted by molar-refractivity contribution is 0.0951. The smallest absolute Gasteiger partial charge is 0.251 e. The Balaban J connectivity index is 1.85. The summed E-state index contributed by atoms with van der Waals surface area (Å²) in [5.41, 5.74) is 2.74. The van der Waals surface area contributed by atoms with Crippen molar-refractivity contribution < 1.29 is 4.79 Å². The van der Waals surface area contributed by atoms with Crippen LogP contribution in [0.3, 0.4) is 0 Å². The molecule has 2 aromatic rings. The fourth-order valence-electron chi connectivity index (χ4n) is 2.47. The normalized spacial score (nSPS) is 11.5. The molecule has 1 heterocycles. The predicted octanol–water partition coefficient (Wildman–Crippen LogP) is 0.577. The molecule has 0 aliphatic carbocycles. The van der Waals surface area contributed by atoms with Gasteiger partial charge in [-0.25, -0.2) is 0 Å². The minimum absolute atomic E-state index is 0.0579. The van der Waals surface area contributed by atoms with Crippen molar-refractivity contribution in [2.24, 2.45) is 12.0 Å². The molecule has 0 saturated heterocycles. The molecule has 27 heavy (non-hydrogen) atoms. The molecule has 8 nitrogen and oxygen atoms in total. The Morgan fingerprint density at radius 2 is 1.96 bits per heavy atom. The number of hydrogen-bond acceptors (Lipinski definition) is 4. The summed E-state index contributed by atoms with van der Waals surface area (Å²) in [6.45, 7) is 2.64. The number of hydrogen-bond donors (Lipinski definition) is 3. The first-order valence-electron chi connectivity index (χ1n) is 8.93. The summed E-state index contributed by atoms with van der Waals surface area (Å²) in [6.07, 6.45) is 1.77. The van der Waals surface area contributed by atoms with E-state index in [9.17, 15) is 4.79 Å². The molecular formula is C19H29N7O. The van der Waals surface area contributed by atoms with Crippen LogP contribution in [0.2, 0.25) is 0 Å². The SMILES string of the molecule is CN=C(NCc1cccc(C(=O)NCCN(C)C)c1)NCc1ccnn1C. The van der Waals surface area contributed by atoms with Crippen molar-refractivity contribution in [3.63, 3.8) is 0 Å². The number of aliphatic imine (C=N–C) groups is 1. The zero-order valence-corrected chi connectivity index (χ0v) is 16.5. The van der Waals surface area contributed by atoms with Crippen molar-refractivity contribution in [3.05, 3.63) is 53.3 Å². The van der Waals surface area contributed by atoms with E-state index in [0.717, 1.165) is 17.8 Å². The molecule has 0 aliphatic rings. The highest BCUT2D eigenvalue weighted by Crippen LogP contribution is 2.05. The van der Waals surface area contributed by atoms with Gasteiger partial charge >= 0.3 is 0 Å². The highest BCUT2D eigenvalue weighted by Gasteiger charge is 2.07. The van der Waals surface area contributed by atoms with E-state index in [4.69, 9.17) is 0 Å². The summed E-state index contributed by atoms with van der Waals surface area (Å²) in [5.74, 6) is 0.634. The molecule has 0 fully saturated rings. The number of aryl methyl sites for hydroxylation is 1. The number of rotatable bonds is 8. The molecule has 1 aromatic heterocycles. The van der Waals surface area contributed by atoms with E-state index in [-0.39, 0.29) is 5.91 Å². The number of nitrogens with zero attached hydrogens (tertiary/aromatic N) is 4. The van der Waals surface area contributed by atoms with Crippen molar-refractivity contribution in [1.29, 1.82) is 0 Å². The molecule has 0 atom stereocenters. The summed E-state index contributed by atoms with van der Waals surface area (Å²) in [6, 6.07) is 9.55. The van der Waals surface area contributed by atoms with Crippen LogP contribution in [0.5, 0.6) is 0 Å². The number of carbonyl (C=O) groups is 1. The van der Waals surface area contributed by atoms with Gasteiger partial charge in [-0.1, -0.05) is 12.1 Å². The number of likely N-dealkylation sites (N-methyl/N-ethyl adjacent to an activating group) is 1. The van der Waals surface area contributed by atoms with Gasteiger partial charge in [-0.3, -0.25) is 14.5 Å². The molecule has 1 amide bonds. The van der Waals surface area contributed by atoms with Crippen molar-refractivity contribution in [2.45, 2.75) is 13.1 Å². The number of guanidine groups is 1. The number of carbonyl (C=O) groups excluding carboxylic acids is 1. The summed E-state index contributed by atoms with van der Waals surface area (Å²) in [7, 11) is 7.59. The molecular weight excluding hydrogens is 342 g/mol. The summed E-state index contributed by atoms with van der Waals surface area (Å²) in [4.78, 5) is 18.5. The fraction of sp³-hybridized carbons (Fsp3) is 0.421. The van der Waals surface area contributed by atoms with Crippen LogP contribution in [0.1, 0.15) is 21.6 Å². The predicted molar refractivity (Wildman–Crippen MR) is 108 cm³/mol. The van der Waals surface area contributed by atoms with Crippen LogP contribution in [0.25, 0.3) is 0 Å². The van der Waals surface area contributed by atoms with E-state index in [0.29, 0.717) is 31.2 Å². The van der Waals surface area contributed by atoms with Crippen LogP contribution >= 0.6 is 0 Å². The van der Waals surface area contributed by atoms with Gasteiger partial charge in [0.05, 0.1) is 12.2 Å². The zero-order chi connectivity index (χ0) is 19.6. The Morgan fingerprint density at radius 1 is 1.19 bits per heavy atom. The van der Waals surface area contributed by atoms with Gasteiger partial charge in [0.15, 0.2) is 5.96 Å². The lowest BCUT2D eigenvalue weighted by atomic mass is 10.1. The van der Waals surface area contributed by atoms with E-state index in [1.54, 1.807) is 13.2 Å². The van der Waals surface area contributed by atoms with Crippen LogP contribution in [0.15, 0.2) is 41.5 Å². The lowest BCUT2D eigenvalue weighted by Gasteiger charge is -2.13. The summed E-state index contributed by atoms with van der Waals surface area (Å²) >= 11 is 0. The van der Waals surface area contributed by atoms with Gasteiger partial charge in [0, 0.05) is 45.5 Å². The van der Waals surface area contributed by atoms with Gasteiger partial charge in [-0.2, -0.15) is 5.10 Å². The van der Waals surface area contributed by atoms with Crippen LogP contribution in [-0.2, 0) is 20.1 Å². The molecule has 8 heteroatoms. The summed E-state index contributed by atoms with van der Waals surface area (Å²) < 4.78 is 1.82. The van der Waals surface area contributed by atoms with Crippen LogP contribution in [0, 0.1) is 0 Å². The second-order valence-electron chi connectivity index (χ2n) is 6.49. The van der Waals surface area contributed by atoms with Gasteiger partial charge in [-0.15, -0.1) is 0 Å². The standard InChI is InChI=1S/C19H29N7O/c1-20-19(23-14-17-8-9-24-26(17)4)22-13-15-6-5-7-16(12-15)18(27)21-10-11-25(2)3/h5-9,12H,10-11,13-14H2,1-4H3,(H,21,27)(H2,20,22,23). The Kier molecular flexibility index (Phi) is 7.81. The number of benzene rings is 1. The van der Waals surface area contributed by atoms with Gasteiger partial charge in [0.2, 0.25) is 0 Å². The highest BCUT2D eigenvalue weighted by molar-refractivity contribution is 5.94. The highest BCUT2D eigenvalue weighted by atomic mass is 16.1. The quantitative estimate of drug-likeness (QED) is 0.467. The van der Waals surface area contributed by atoms with E-state index in [1.807, 2.05) is 61.1 Å². The van der Waals surface area contributed by atoms with Crippen LogP contribution in [0.4, 0.5) is 0 Å². The minimum atomic E-state index is -0.0579. The van der Waals surface area contributed by atoms with Gasteiger partial charge < -0.3 is 20.9 Å². The molecule has 1 aromatic carbocycles. The Labute approximate surface area is 160 Å². The van der Waals surface area contributed by atoms with Crippen molar-refractivity contribution >= 4 is 11.9 Å². The second-order valence-corrected chi connectivity index (χ2v) is 6.49. The average molecular weight is 371 g/mol. The lowest BCUT2D eigenvalue weighted by Crippen LogP contribution is -2.36. The van der Waals surface area contributed by atoms with Crippen molar-refractivity contribution in [1.82, 2.24) is 30.6 Å². The summed E-state index contributed by atoms with van der Waals surface area (Å²) in [5, 5.41) is 13.6. The zero-order valence-electron chi connectivity index (χ0n) is 16.5. The molecule has 0 spiro atoms. The monoisotopic (exact) mass is 371 g/mol. The topological polar surface area (TPSA) is 86.6 Å². The Morgan fingerprint density at radius 3 is 2.63 bits per heavy atom. The van der Waals surface area contributed by atoms with E-state index < -0.39 is 0 Å². The number of aromatic nitrogens is 2. The van der Waals surface area contributed by atoms with Gasteiger partial charge in [0.25, 0.3) is 5.91 Å². The largest absolute Gasteiger partial charge is 0.352 e. The third-order valence-corrected chi connectivity index (χ3v) is 4.08. The van der Waals surface area contributed by atoms with Crippen LogP contribution in [-0.4, -0.2) is 60.8 Å². The molecule has 0 unspecified atom stereocenters. The molecule has 0 bridgehead atoms. The number of amides is 1. The molecule has 0 radical (unpaired) electrons. The van der Waals surface area contributed by atoms with Crippen molar-refractivity contribution in [3.8, 4) is 0 Å². The maximum atomic E-state index is 12.2. The minimum Gasteiger partial charge on any atom is -0.352 e. The maximum Gasteiger partial charge on any atom is 0.251 e. The second kappa shape index (κ2) is 10.3. The Hall–Kier alpha value is -2.87.